The lowest BCUT2D eigenvalue weighted by atomic mass is 10.2. The molecule has 0 aliphatic rings. The van der Waals surface area contributed by atoms with Crippen LogP contribution in [0.3, 0.4) is 0 Å². The summed E-state index contributed by atoms with van der Waals surface area (Å²) < 4.78 is 7.36. The van der Waals surface area contributed by atoms with Crippen LogP contribution in [-0.2, 0) is 0 Å². The van der Waals surface area contributed by atoms with E-state index in [1.165, 1.54) is 0 Å². The van der Waals surface area contributed by atoms with Crippen molar-refractivity contribution in [3.8, 4) is 17.2 Å². The van der Waals surface area contributed by atoms with Crippen molar-refractivity contribution in [3.63, 3.8) is 0 Å². The van der Waals surface area contributed by atoms with Gasteiger partial charge in [-0.15, -0.1) is 5.10 Å². The van der Waals surface area contributed by atoms with Crippen LogP contribution in [-0.4, -0.2) is 20.2 Å². The fourth-order valence-corrected chi connectivity index (χ4v) is 1.94. The molecule has 1 heterocycles. The number of nitrogens with zero attached hydrogens (tertiary/aromatic N) is 4. The topological polar surface area (TPSA) is 78.9 Å². The molecule has 3 rings (SSSR count). The van der Waals surface area contributed by atoms with Crippen LogP contribution < -0.4 is 10.5 Å². The monoisotopic (exact) mass is 281 g/mol. The van der Waals surface area contributed by atoms with E-state index >= 15 is 0 Å². The van der Waals surface area contributed by atoms with Gasteiger partial charge in [0.1, 0.15) is 11.5 Å². The molecular formula is C15H15N5O. The molecule has 0 saturated carbocycles. The number of tetrazole rings is 1. The SMILES string of the molecule is CC(N)c1nnnn1-c1ccc(Oc2ccccc2)cc1. The second kappa shape index (κ2) is 5.72. The van der Waals surface area contributed by atoms with E-state index in [1.54, 1.807) is 4.68 Å². The van der Waals surface area contributed by atoms with Crippen LogP contribution in [0.2, 0.25) is 0 Å². The molecule has 2 N–H and O–H groups in total. The maximum absolute atomic E-state index is 5.84. The zero-order valence-corrected chi connectivity index (χ0v) is 11.5. The summed E-state index contributed by atoms with van der Waals surface area (Å²) >= 11 is 0. The Balaban J connectivity index is 1.82. The summed E-state index contributed by atoms with van der Waals surface area (Å²) in [6.45, 7) is 1.84. The molecule has 1 unspecified atom stereocenters. The number of nitrogens with two attached hydrogens (primary N) is 1. The van der Waals surface area contributed by atoms with E-state index in [2.05, 4.69) is 15.5 Å². The van der Waals surface area contributed by atoms with Crippen molar-refractivity contribution in [2.75, 3.05) is 0 Å². The number of aromatic nitrogens is 4. The van der Waals surface area contributed by atoms with Gasteiger partial charge in [0, 0.05) is 0 Å². The predicted molar refractivity (Wildman–Crippen MR) is 78.3 cm³/mol. The average molecular weight is 281 g/mol. The number of hydrogen-bond acceptors (Lipinski definition) is 5. The maximum Gasteiger partial charge on any atom is 0.173 e. The van der Waals surface area contributed by atoms with Gasteiger partial charge in [-0.3, -0.25) is 0 Å². The van der Waals surface area contributed by atoms with Crippen molar-refractivity contribution < 1.29 is 4.74 Å². The minimum atomic E-state index is -0.236. The largest absolute Gasteiger partial charge is 0.457 e. The lowest BCUT2D eigenvalue weighted by molar-refractivity contribution is 0.482. The Labute approximate surface area is 122 Å². The molecule has 0 saturated heterocycles. The van der Waals surface area contributed by atoms with Crippen LogP contribution in [0, 0.1) is 0 Å². The van der Waals surface area contributed by atoms with Crippen LogP contribution in [0.25, 0.3) is 5.69 Å². The summed E-state index contributed by atoms with van der Waals surface area (Å²) in [6.07, 6.45) is 0. The molecule has 0 bridgehead atoms. The highest BCUT2D eigenvalue weighted by Crippen LogP contribution is 2.22. The molecule has 1 atom stereocenters. The summed E-state index contributed by atoms with van der Waals surface area (Å²) in [6, 6.07) is 16.9. The second-order valence-electron chi connectivity index (χ2n) is 4.65. The number of ether oxygens (including phenoxy) is 1. The first-order chi connectivity index (χ1) is 10.2. The quantitative estimate of drug-likeness (QED) is 0.794. The van der Waals surface area contributed by atoms with E-state index in [1.807, 2.05) is 61.5 Å². The standard InChI is InChI=1S/C15H15N5O/c1-11(16)15-17-18-19-20(15)12-7-9-14(10-8-12)21-13-5-3-2-4-6-13/h2-11H,16H2,1H3. The average Bonchev–Trinajstić information content (AvgIpc) is 2.99. The van der Waals surface area contributed by atoms with Gasteiger partial charge in [0.2, 0.25) is 0 Å². The zero-order chi connectivity index (χ0) is 14.7. The van der Waals surface area contributed by atoms with Gasteiger partial charge in [-0.25, -0.2) is 0 Å². The smallest absolute Gasteiger partial charge is 0.173 e. The summed E-state index contributed by atoms with van der Waals surface area (Å²) in [5, 5.41) is 11.5. The Hall–Kier alpha value is -2.73. The molecule has 3 aromatic rings. The fraction of sp³-hybridized carbons (Fsp3) is 0.133. The third-order valence-electron chi connectivity index (χ3n) is 2.96. The highest BCUT2D eigenvalue weighted by Gasteiger charge is 2.12. The minimum Gasteiger partial charge on any atom is -0.457 e. The molecule has 2 aromatic carbocycles. The van der Waals surface area contributed by atoms with Gasteiger partial charge < -0.3 is 10.5 Å². The Morgan fingerprint density at radius 3 is 2.33 bits per heavy atom. The highest BCUT2D eigenvalue weighted by atomic mass is 16.5. The van der Waals surface area contributed by atoms with Crippen molar-refractivity contribution in [2.45, 2.75) is 13.0 Å². The Morgan fingerprint density at radius 2 is 1.67 bits per heavy atom. The van der Waals surface area contributed by atoms with Crippen LogP contribution >= 0.6 is 0 Å². The molecule has 6 heteroatoms. The Kier molecular flexibility index (Phi) is 3.61. The van der Waals surface area contributed by atoms with Gasteiger partial charge in [-0.1, -0.05) is 18.2 Å². The van der Waals surface area contributed by atoms with Crippen molar-refractivity contribution in [3.05, 3.63) is 60.4 Å². The molecular weight excluding hydrogens is 266 g/mol. The van der Waals surface area contributed by atoms with Gasteiger partial charge in [0.05, 0.1) is 11.7 Å². The number of benzene rings is 2. The molecule has 0 aliphatic heterocycles. The summed E-state index contributed by atoms with van der Waals surface area (Å²) in [7, 11) is 0. The normalized spacial score (nSPS) is 12.1. The lowest BCUT2D eigenvalue weighted by Crippen LogP contribution is -2.13. The predicted octanol–water partition coefficient (Wildman–Crippen LogP) is 2.47. The molecule has 6 nitrogen and oxygen atoms in total. The highest BCUT2D eigenvalue weighted by molar-refractivity contribution is 5.39. The Bertz CT molecular complexity index is 706. The molecule has 0 spiro atoms. The van der Waals surface area contributed by atoms with Crippen molar-refractivity contribution >= 4 is 0 Å². The van der Waals surface area contributed by atoms with Gasteiger partial charge in [0.15, 0.2) is 5.82 Å². The van der Waals surface area contributed by atoms with Crippen molar-refractivity contribution in [2.24, 2.45) is 5.73 Å². The molecule has 0 amide bonds. The van der Waals surface area contributed by atoms with Gasteiger partial charge in [0.25, 0.3) is 0 Å². The zero-order valence-electron chi connectivity index (χ0n) is 11.5. The van der Waals surface area contributed by atoms with E-state index in [4.69, 9.17) is 10.5 Å². The van der Waals surface area contributed by atoms with Crippen LogP contribution in [0.4, 0.5) is 0 Å². The van der Waals surface area contributed by atoms with Crippen molar-refractivity contribution in [1.82, 2.24) is 20.2 Å². The first-order valence-electron chi connectivity index (χ1n) is 6.61. The van der Waals surface area contributed by atoms with Crippen LogP contribution in [0.5, 0.6) is 11.5 Å². The minimum absolute atomic E-state index is 0.236. The second-order valence-corrected chi connectivity index (χ2v) is 4.65. The molecule has 106 valence electrons. The molecule has 0 fully saturated rings. The van der Waals surface area contributed by atoms with E-state index in [-0.39, 0.29) is 6.04 Å². The maximum atomic E-state index is 5.84. The first-order valence-corrected chi connectivity index (χ1v) is 6.61. The van der Waals surface area contributed by atoms with E-state index in [0.29, 0.717) is 5.82 Å². The van der Waals surface area contributed by atoms with Crippen molar-refractivity contribution in [1.29, 1.82) is 0 Å². The summed E-state index contributed by atoms with van der Waals surface area (Å²) in [5.41, 5.74) is 6.68. The number of rotatable bonds is 4. The number of hydrogen-bond donors (Lipinski definition) is 1. The third kappa shape index (κ3) is 2.90. The molecule has 0 radical (unpaired) electrons. The summed E-state index contributed by atoms with van der Waals surface area (Å²) in [5.74, 6) is 2.16. The van der Waals surface area contributed by atoms with Crippen LogP contribution in [0.15, 0.2) is 54.6 Å². The molecule has 1 aromatic heterocycles. The van der Waals surface area contributed by atoms with E-state index in [9.17, 15) is 0 Å². The van der Waals surface area contributed by atoms with Gasteiger partial charge in [-0.2, -0.15) is 4.68 Å². The Morgan fingerprint density at radius 1 is 1.00 bits per heavy atom. The fourth-order valence-electron chi connectivity index (χ4n) is 1.94. The van der Waals surface area contributed by atoms with Crippen LogP contribution in [0.1, 0.15) is 18.8 Å². The number of para-hydroxylation sites is 1. The summed E-state index contributed by atoms with van der Waals surface area (Å²) in [4.78, 5) is 0. The van der Waals surface area contributed by atoms with Gasteiger partial charge >= 0.3 is 0 Å². The lowest BCUT2D eigenvalue weighted by Gasteiger charge is -2.08. The van der Waals surface area contributed by atoms with E-state index < -0.39 is 0 Å². The first kappa shape index (κ1) is 13.3. The third-order valence-corrected chi connectivity index (χ3v) is 2.96. The van der Waals surface area contributed by atoms with Gasteiger partial charge in [-0.05, 0) is 53.7 Å². The molecule has 0 aliphatic carbocycles. The van der Waals surface area contributed by atoms with E-state index in [0.717, 1.165) is 17.2 Å². The molecule has 21 heavy (non-hydrogen) atoms.